The van der Waals surface area contributed by atoms with Gasteiger partial charge in [-0.05, 0) is 12.8 Å². The Hall–Kier alpha value is -1.72. The standard InChI is InChI=1S/C9H8N2O4/c12-4-8-2-1-3-9(8,6(14)10-4)7(15)11-5(8)13/h1-3H2,(H,10,12,14)(H,11,13,15). The Labute approximate surface area is 84.4 Å². The van der Waals surface area contributed by atoms with Gasteiger partial charge in [-0.2, -0.15) is 0 Å². The van der Waals surface area contributed by atoms with Crippen molar-refractivity contribution in [3.63, 3.8) is 0 Å². The average molecular weight is 208 g/mol. The highest BCUT2D eigenvalue weighted by Gasteiger charge is 2.79. The van der Waals surface area contributed by atoms with Gasteiger partial charge in [-0.25, -0.2) is 0 Å². The van der Waals surface area contributed by atoms with Gasteiger partial charge in [0.05, 0.1) is 0 Å². The van der Waals surface area contributed by atoms with E-state index in [1.165, 1.54) is 0 Å². The molecule has 78 valence electrons. The SMILES string of the molecule is O=C1NC(=O)C23CCCC12C(=O)NC3=O. The summed E-state index contributed by atoms with van der Waals surface area (Å²) < 4.78 is 0. The molecule has 2 saturated heterocycles. The zero-order valence-electron chi connectivity index (χ0n) is 7.75. The number of carbonyl (C=O) groups excluding carboxylic acids is 4. The number of carbonyl (C=O) groups is 4. The van der Waals surface area contributed by atoms with Gasteiger partial charge in [0.2, 0.25) is 23.6 Å². The number of imide groups is 2. The summed E-state index contributed by atoms with van der Waals surface area (Å²) in [6, 6.07) is 0. The van der Waals surface area contributed by atoms with Crippen molar-refractivity contribution >= 4 is 23.6 Å². The van der Waals surface area contributed by atoms with Crippen LogP contribution < -0.4 is 10.6 Å². The van der Waals surface area contributed by atoms with E-state index in [4.69, 9.17) is 0 Å². The third-order valence-electron chi connectivity index (χ3n) is 3.84. The lowest BCUT2D eigenvalue weighted by atomic mass is 9.69. The molecule has 1 aliphatic carbocycles. The molecule has 0 atom stereocenters. The molecule has 0 unspecified atom stereocenters. The van der Waals surface area contributed by atoms with Gasteiger partial charge in [0, 0.05) is 0 Å². The Morgan fingerprint density at radius 3 is 1.40 bits per heavy atom. The Kier molecular flexibility index (Phi) is 1.20. The molecule has 4 amide bonds. The van der Waals surface area contributed by atoms with E-state index >= 15 is 0 Å². The smallest absolute Gasteiger partial charge is 0.243 e. The lowest BCUT2D eigenvalue weighted by Crippen LogP contribution is -2.42. The van der Waals surface area contributed by atoms with Gasteiger partial charge in [0.1, 0.15) is 0 Å². The van der Waals surface area contributed by atoms with Gasteiger partial charge in [-0.1, -0.05) is 6.42 Å². The first-order valence-electron chi connectivity index (χ1n) is 4.77. The number of nitrogens with one attached hydrogen (secondary N) is 2. The molecular weight excluding hydrogens is 200 g/mol. The quantitative estimate of drug-likeness (QED) is 0.372. The van der Waals surface area contributed by atoms with Crippen LogP contribution in [0.3, 0.4) is 0 Å². The largest absolute Gasteiger partial charge is 0.294 e. The summed E-state index contributed by atoms with van der Waals surface area (Å²) in [5.41, 5.74) is -2.89. The maximum atomic E-state index is 11.7. The molecule has 0 spiro atoms. The Balaban J connectivity index is 2.34. The van der Waals surface area contributed by atoms with Crippen molar-refractivity contribution in [3.8, 4) is 0 Å². The molecule has 6 heteroatoms. The third-order valence-corrected chi connectivity index (χ3v) is 3.84. The lowest BCUT2D eigenvalue weighted by Gasteiger charge is -2.21. The minimum Gasteiger partial charge on any atom is -0.294 e. The van der Waals surface area contributed by atoms with E-state index in [1.807, 2.05) is 0 Å². The van der Waals surface area contributed by atoms with Crippen molar-refractivity contribution in [3.05, 3.63) is 0 Å². The highest BCUT2D eigenvalue weighted by molar-refractivity contribution is 6.34. The number of amides is 4. The van der Waals surface area contributed by atoms with Crippen molar-refractivity contribution < 1.29 is 19.2 Å². The van der Waals surface area contributed by atoms with Gasteiger partial charge in [0.15, 0.2) is 10.8 Å². The number of rotatable bonds is 0. The third kappa shape index (κ3) is 0.581. The van der Waals surface area contributed by atoms with Crippen LogP contribution in [0, 0.1) is 10.8 Å². The Morgan fingerprint density at radius 1 is 0.733 bits per heavy atom. The summed E-state index contributed by atoms with van der Waals surface area (Å²) in [5.74, 6) is -2.47. The van der Waals surface area contributed by atoms with Crippen molar-refractivity contribution in [2.45, 2.75) is 19.3 Å². The number of hydrogen-bond donors (Lipinski definition) is 2. The molecule has 0 aromatic heterocycles. The summed E-state index contributed by atoms with van der Waals surface area (Å²) in [6.45, 7) is 0. The summed E-state index contributed by atoms with van der Waals surface area (Å²) in [6.07, 6.45) is 1.11. The molecular formula is C9H8N2O4. The lowest BCUT2D eigenvalue weighted by molar-refractivity contribution is -0.144. The molecule has 3 rings (SSSR count). The summed E-state index contributed by atoms with van der Waals surface area (Å²) >= 11 is 0. The van der Waals surface area contributed by atoms with Crippen LogP contribution in [0.5, 0.6) is 0 Å². The zero-order chi connectivity index (χ0) is 10.8. The first kappa shape index (κ1) is 8.58. The van der Waals surface area contributed by atoms with E-state index in [-0.39, 0.29) is 12.8 Å². The minimum absolute atomic E-state index is 0.280. The maximum Gasteiger partial charge on any atom is 0.243 e. The number of hydrogen-bond acceptors (Lipinski definition) is 4. The van der Waals surface area contributed by atoms with Gasteiger partial charge in [-0.15, -0.1) is 0 Å². The molecule has 3 fully saturated rings. The summed E-state index contributed by atoms with van der Waals surface area (Å²) in [4.78, 5) is 46.7. The van der Waals surface area contributed by atoms with Crippen molar-refractivity contribution in [2.24, 2.45) is 10.8 Å². The van der Waals surface area contributed by atoms with Gasteiger partial charge >= 0.3 is 0 Å². The molecule has 2 aliphatic heterocycles. The van der Waals surface area contributed by atoms with E-state index in [0.29, 0.717) is 6.42 Å². The highest BCUT2D eigenvalue weighted by atomic mass is 16.2. The summed E-state index contributed by atoms with van der Waals surface area (Å²) in [7, 11) is 0. The molecule has 0 aromatic carbocycles. The average Bonchev–Trinajstić information content (AvgIpc) is 2.71. The molecule has 3 aliphatic rings. The predicted molar refractivity (Wildman–Crippen MR) is 45.0 cm³/mol. The van der Waals surface area contributed by atoms with Crippen molar-refractivity contribution in [1.82, 2.24) is 10.6 Å². The van der Waals surface area contributed by atoms with Crippen molar-refractivity contribution in [2.75, 3.05) is 0 Å². The normalized spacial score (nSPS) is 42.7. The molecule has 2 N–H and O–H groups in total. The maximum absolute atomic E-state index is 11.7. The molecule has 6 nitrogen and oxygen atoms in total. The van der Waals surface area contributed by atoms with Crippen LogP contribution in [0.4, 0.5) is 0 Å². The fourth-order valence-electron chi connectivity index (χ4n) is 3.11. The van der Waals surface area contributed by atoms with Gasteiger partial charge in [0.25, 0.3) is 0 Å². The van der Waals surface area contributed by atoms with Crippen LogP contribution in [-0.2, 0) is 19.2 Å². The summed E-state index contributed by atoms with van der Waals surface area (Å²) in [5, 5.41) is 4.21. The van der Waals surface area contributed by atoms with E-state index < -0.39 is 34.5 Å². The van der Waals surface area contributed by atoms with Gasteiger partial charge in [-0.3, -0.25) is 29.8 Å². The van der Waals surface area contributed by atoms with Crippen LogP contribution in [0.15, 0.2) is 0 Å². The molecule has 0 aromatic rings. The van der Waals surface area contributed by atoms with Crippen LogP contribution in [0.1, 0.15) is 19.3 Å². The Bertz CT molecular complexity index is 371. The monoisotopic (exact) mass is 208 g/mol. The van der Waals surface area contributed by atoms with E-state index in [9.17, 15) is 19.2 Å². The fourth-order valence-corrected chi connectivity index (χ4v) is 3.11. The second kappa shape index (κ2) is 2.10. The van der Waals surface area contributed by atoms with Crippen LogP contribution in [0.25, 0.3) is 0 Å². The molecule has 2 heterocycles. The topological polar surface area (TPSA) is 92.3 Å². The zero-order valence-corrected chi connectivity index (χ0v) is 7.75. The highest BCUT2D eigenvalue weighted by Crippen LogP contribution is 2.59. The van der Waals surface area contributed by atoms with E-state index in [0.717, 1.165) is 0 Å². The van der Waals surface area contributed by atoms with Crippen LogP contribution in [-0.4, -0.2) is 23.6 Å². The Morgan fingerprint density at radius 2 is 1.07 bits per heavy atom. The molecule has 1 saturated carbocycles. The molecule has 0 bridgehead atoms. The fraction of sp³-hybridized carbons (Fsp3) is 0.556. The first-order valence-corrected chi connectivity index (χ1v) is 4.77. The van der Waals surface area contributed by atoms with Crippen LogP contribution in [0.2, 0.25) is 0 Å². The second-order valence-electron chi connectivity index (χ2n) is 4.23. The molecule has 0 radical (unpaired) electrons. The minimum atomic E-state index is -1.44. The molecule has 15 heavy (non-hydrogen) atoms. The van der Waals surface area contributed by atoms with E-state index in [1.54, 1.807) is 0 Å². The second-order valence-corrected chi connectivity index (χ2v) is 4.23. The predicted octanol–water partition coefficient (Wildman–Crippen LogP) is -1.54. The van der Waals surface area contributed by atoms with Crippen LogP contribution >= 0.6 is 0 Å². The van der Waals surface area contributed by atoms with E-state index in [2.05, 4.69) is 10.6 Å². The van der Waals surface area contributed by atoms with Gasteiger partial charge < -0.3 is 0 Å². The van der Waals surface area contributed by atoms with Crippen molar-refractivity contribution in [1.29, 1.82) is 0 Å². The first-order chi connectivity index (χ1) is 7.05.